The summed E-state index contributed by atoms with van der Waals surface area (Å²) in [6.45, 7) is 2.09. The SMILES string of the molecule is CCC1CCC(NC(=O)c2ccc(C#CCO)s2)CC1. The summed E-state index contributed by atoms with van der Waals surface area (Å²) in [6, 6.07) is 3.95. The predicted molar refractivity (Wildman–Crippen MR) is 81.8 cm³/mol. The Labute approximate surface area is 124 Å². The summed E-state index contributed by atoms with van der Waals surface area (Å²) >= 11 is 1.38. The fraction of sp³-hybridized carbons (Fsp3) is 0.562. The molecular formula is C16H21NO2S. The van der Waals surface area contributed by atoms with Gasteiger partial charge in [-0.1, -0.05) is 25.2 Å². The molecule has 1 heterocycles. The first-order valence-electron chi connectivity index (χ1n) is 7.23. The van der Waals surface area contributed by atoms with E-state index >= 15 is 0 Å². The Kier molecular flexibility index (Phi) is 5.63. The Morgan fingerprint density at radius 2 is 2.15 bits per heavy atom. The average molecular weight is 291 g/mol. The zero-order chi connectivity index (χ0) is 14.4. The Balaban J connectivity index is 1.87. The number of hydrogen-bond donors (Lipinski definition) is 2. The van der Waals surface area contributed by atoms with Crippen molar-refractivity contribution < 1.29 is 9.90 Å². The molecule has 0 aliphatic heterocycles. The lowest BCUT2D eigenvalue weighted by Crippen LogP contribution is -2.37. The molecule has 1 aromatic heterocycles. The molecule has 20 heavy (non-hydrogen) atoms. The number of amides is 1. The summed E-state index contributed by atoms with van der Waals surface area (Å²) in [4.78, 5) is 13.7. The first kappa shape index (κ1) is 15.1. The fourth-order valence-corrected chi connectivity index (χ4v) is 3.41. The maximum atomic E-state index is 12.2. The van der Waals surface area contributed by atoms with Crippen LogP contribution in [0.1, 0.15) is 53.6 Å². The van der Waals surface area contributed by atoms with Gasteiger partial charge in [0, 0.05) is 6.04 Å². The molecule has 1 aliphatic carbocycles. The lowest BCUT2D eigenvalue weighted by atomic mass is 9.84. The number of nitrogens with one attached hydrogen (secondary N) is 1. The number of hydrogen-bond acceptors (Lipinski definition) is 3. The lowest BCUT2D eigenvalue weighted by molar-refractivity contribution is 0.0926. The van der Waals surface area contributed by atoms with Crippen molar-refractivity contribution >= 4 is 17.2 Å². The standard InChI is InChI=1S/C16H21NO2S/c1-2-12-5-7-13(8-6-12)17-16(19)15-10-9-14(20-15)4-3-11-18/h9-10,12-13,18H,2,5-8,11H2,1H3,(H,17,19). The third kappa shape index (κ3) is 4.09. The van der Waals surface area contributed by atoms with Gasteiger partial charge in [0.15, 0.2) is 0 Å². The first-order valence-corrected chi connectivity index (χ1v) is 8.05. The van der Waals surface area contributed by atoms with Gasteiger partial charge in [-0.15, -0.1) is 11.3 Å². The number of thiophene rings is 1. The van der Waals surface area contributed by atoms with Crippen LogP contribution in [0.4, 0.5) is 0 Å². The van der Waals surface area contributed by atoms with Gasteiger partial charge in [0.05, 0.1) is 9.75 Å². The molecule has 0 aromatic carbocycles. The highest BCUT2D eigenvalue weighted by Gasteiger charge is 2.22. The van der Waals surface area contributed by atoms with Crippen LogP contribution >= 0.6 is 11.3 Å². The molecule has 3 nitrogen and oxygen atoms in total. The normalized spacial score (nSPS) is 21.9. The van der Waals surface area contributed by atoms with Gasteiger partial charge in [-0.2, -0.15) is 0 Å². The van der Waals surface area contributed by atoms with Gasteiger partial charge in [0.2, 0.25) is 0 Å². The van der Waals surface area contributed by atoms with Crippen LogP contribution < -0.4 is 5.32 Å². The van der Waals surface area contributed by atoms with E-state index in [0.717, 1.165) is 23.6 Å². The van der Waals surface area contributed by atoms with E-state index in [4.69, 9.17) is 5.11 Å². The minimum Gasteiger partial charge on any atom is -0.384 e. The van der Waals surface area contributed by atoms with E-state index in [1.54, 1.807) is 6.07 Å². The van der Waals surface area contributed by atoms with Crippen molar-refractivity contribution in [3.8, 4) is 11.8 Å². The first-order chi connectivity index (χ1) is 9.72. The van der Waals surface area contributed by atoms with Crippen molar-refractivity contribution in [1.82, 2.24) is 5.32 Å². The summed E-state index contributed by atoms with van der Waals surface area (Å²) < 4.78 is 0. The Morgan fingerprint density at radius 3 is 2.80 bits per heavy atom. The van der Waals surface area contributed by atoms with Crippen LogP contribution in [-0.2, 0) is 0 Å². The van der Waals surface area contributed by atoms with Gasteiger partial charge in [-0.3, -0.25) is 4.79 Å². The molecule has 0 spiro atoms. The number of carbonyl (C=O) groups excluding carboxylic acids is 1. The van der Waals surface area contributed by atoms with E-state index < -0.39 is 0 Å². The summed E-state index contributed by atoms with van der Waals surface area (Å²) in [5.41, 5.74) is 0. The number of aliphatic hydroxyl groups is 1. The molecule has 2 N–H and O–H groups in total. The van der Waals surface area contributed by atoms with Gasteiger partial charge in [0.25, 0.3) is 5.91 Å². The van der Waals surface area contributed by atoms with Gasteiger partial charge in [-0.25, -0.2) is 0 Å². The summed E-state index contributed by atoms with van der Waals surface area (Å²) in [5, 5.41) is 11.8. The summed E-state index contributed by atoms with van der Waals surface area (Å²) in [6.07, 6.45) is 5.87. The zero-order valence-electron chi connectivity index (χ0n) is 11.8. The number of rotatable bonds is 3. The molecule has 2 rings (SSSR count). The smallest absolute Gasteiger partial charge is 0.261 e. The van der Waals surface area contributed by atoms with Crippen LogP contribution in [0.25, 0.3) is 0 Å². The maximum Gasteiger partial charge on any atom is 0.261 e. The molecule has 0 saturated heterocycles. The third-order valence-electron chi connectivity index (χ3n) is 3.88. The second-order valence-electron chi connectivity index (χ2n) is 5.22. The van der Waals surface area contributed by atoms with E-state index in [1.165, 1.54) is 30.6 Å². The zero-order valence-corrected chi connectivity index (χ0v) is 12.6. The van der Waals surface area contributed by atoms with Gasteiger partial charge in [0.1, 0.15) is 6.61 Å². The van der Waals surface area contributed by atoms with Crippen molar-refractivity contribution in [2.45, 2.75) is 45.1 Å². The van der Waals surface area contributed by atoms with Crippen molar-refractivity contribution in [2.75, 3.05) is 6.61 Å². The number of carbonyl (C=O) groups is 1. The topological polar surface area (TPSA) is 49.3 Å². The van der Waals surface area contributed by atoms with Crippen molar-refractivity contribution in [1.29, 1.82) is 0 Å². The molecule has 4 heteroatoms. The van der Waals surface area contributed by atoms with Crippen molar-refractivity contribution in [3.05, 3.63) is 21.9 Å². The van der Waals surface area contributed by atoms with Gasteiger partial charge >= 0.3 is 0 Å². The highest BCUT2D eigenvalue weighted by atomic mass is 32.1. The largest absolute Gasteiger partial charge is 0.384 e. The van der Waals surface area contributed by atoms with E-state index in [2.05, 4.69) is 24.1 Å². The molecule has 1 aliphatic rings. The molecule has 1 fully saturated rings. The summed E-state index contributed by atoms with van der Waals surface area (Å²) in [5.74, 6) is 6.26. The second-order valence-corrected chi connectivity index (χ2v) is 6.31. The monoisotopic (exact) mass is 291 g/mol. The maximum absolute atomic E-state index is 12.2. The third-order valence-corrected chi connectivity index (χ3v) is 4.88. The highest BCUT2D eigenvalue weighted by molar-refractivity contribution is 7.14. The van der Waals surface area contributed by atoms with Gasteiger partial charge < -0.3 is 10.4 Å². The fourth-order valence-electron chi connectivity index (χ4n) is 2.63. The van der Waals surface area contributed by atoms with E-state index in [1.807, 2.05) is 6.07 Å². The molecule has 0 radical (unpaired) electrons. The van der Waals surface area contributed by atoms with Gasteiger partial charge in [-0.05, 0) is 43.7 Å². The second kappa shape index (κ2) is 7.47. The van der Waals surface area contributed by atoms with Crippen molar-refractivity contribution in [2.24, 2.45) is 5.92 Å². The van der Waals surface area contributed by atoms with E-state index in [-0.39, 0.29) is 12.5 Å². The van der Waals surface area contributed by atoms with Crippen LogP contribution in [0, 0.1) is 17.8 Å². The molecule has 0 unspecified atom stereocenters. The minimum absolute atomic E-state index is 0.00648. The van der Waals surface area contributed by atoms with Crippen LogP contribution in [0.5, 0.6) is 0 Å². The van der Waals surface area contributed by atoms with Crippen LogP contribution in [-0.4, -0.2) is 23.7 Å². The van der Waals surface area contributed by atoms with Crippen LogP contribution in [0.15, 0.2) is 12.1 Å². The lowest BCUT2D eigenvalue weighted by Gasteiger charge is -2.28. The Bertz CT molecular complexity index is 504. The van der Waals surface area contributed by atoms with E-state index in [0.29, 0.717) is 10.9 Å². The van der Waals surface area contributed by atoms with Crippen LogP contribution in [0.2, 0.25) is 0 Å². The highest BCUT2D eigenvalue weighted by Crippen LogP contribution is 2.27. The van der Waals surface area contributed by atoms with Crippen LogP contribution in [0.3, 0.4) is 0 Å². The quantitative estimate of drug-likeness (QED) is 0.841. The molecule has 1 saturated carbocycles. The Morgan fingerprint density at radius 1 is 1.40 bits per heavy atom. The molecule has 108 valence electrons. The molecule has 1 amide bonds. The number of aliphatic hydroxyl groups excluding tert-OH is 1. The molecule has 1 aromatic rings. The average Bonchev–Trinajstić information content (AvgIpc) is 2.95. The minimum atomic E-state index is -0.153. The Hall–Kier alpha value is -1.31. The van der Waals surface area contributed by atoms with Crippen molar-refractivity contribution in [3.63, 3.8) is 0 Å². The molecule has 0 bridgehead atoms. The molecular weight excluding hydrogens is 270 g/mol. The van der Waals surface area contributed by atoms with E-state index in [9.17, 15) is 4.79 Å². The molecule has 0 atom stereocenters. The predicted octanol–water partition coefficient (Wildman–Crippen LogP) is 2.79. The summed E-state index contributed by atoms with van der Waals surface area (Å²) in [7, 11) is 0.